The minimum Gasteiger partial charge on any atom is -0.368 e. The Balaban J connectivity index is 1.29. The number of hydrogen-bond acceptors (Lipinski definition) is 8. The van der Waals surface area contributed by atoms with Gasteiger partial charge in [-0.05, 0) is 81.9 Å². The molecule has 0 aliphatic carbocycles. The molecule has 2 aromatic heterocycles. The summed E-state index contributed by atoms with van der Waals surface area (Å²) >= 11 is 6.58. The molecule has 2 saturated heterocycles. The fourth-order valence-electron chi connectivity index (χ4n) is 5.80. The van der Waals surface area contributed by atoms with E-state index >= 15 is 0 Å². The zero-order chi connectivity index (χ0) is 29.1. The quantitative estimate of drug-likeness (QED) is 0.375. The minimum absolute atomic E-state index is 0.0201. The maximum atomic E-state index is 12.8. The maximum absolute atomic E-state index is 12.8. The van der Waals surface area contributed by atoms with Gasteiger partial charge in [0.25, 0.3) is 0 Å². The van der Waals surface area contributed by atoms with Crippen LogP contribution in [-0.4, -0.2) is 82.8 Å². The topological polar surface area (TPSA) is 79.6 Å². The fraction of sp³-hybridized carbons (Fsp3) is 0.571. The fourth-order valence-corrected chi connectivity index (χ4v) is 6.04. The van der Waals surface area contributed by atoms with E-state index in [0.717, 1.165) is 30.1 Å². The maximum Gasteiger partial charge on any atom is 0.493 e. The van der Waals surface area contributed by atoms with Gasteiger partial charge in [0.15, 0.2) is 0 Å². The number of halogens is 4. The number of piperazine rings is 1. The second-order valence-corrected chi connectivity index (χ2v) is 11.1. The number of aryl methyl sites for hydroxylation is 2. The Bertz CT molecular complexity index is 1380. The number of alkyl halides is 3. The van der Waals surface area contributed by atoms with Crippen molar-refractivity contribution in [1.82, 2.24) is 24.8 Å². The molecule has 5 rings (SSSR count). The van der Waals surface area contributed by atoms with Gasteiger partial charge in [0.1, 0.15) is 12.1 Å². The number of likely N-dealkylation sites (tertiary alicyclic amines) is 1. The lowest BCUT2D eigenvalue weighted by Gasteiger charge is -2.38. The van der Waals surface area contributed by atoms with Crippen LogP contribution in [0.1, 0.15) is 49.4 Å². The molecule has 2 aliphatic heterocycles. The van der Waals surface area contributed by atoms with Crippen LogP contribution in [0.25, 0.3) is 11.0 Å². The largest absolute Gasteiger partial charge is 0.493 e. The molecule has 0 N–H and O–H groups in total. The lowest BCUT2D eigenvalue weighted by Crippen LogP contribution is -2.47. The molecule has 0 unspecified atom stereocenters. The first-order valence-corrected chi connectivity index (χ1v) is 14.6. The summed E-state index contributed by atoms with van der Waals surface area (Å²) in [7, 11) is 0. The molecule has 0 spiro atoms. The molecule has 0 bridgehead atoms. The number of nitrogens with zero attached hydrogens (tertiary/aromatic N) is 7. The third-order valence-corrected chi connectivity index (χ3v) is 8.18. The van der Waals surface area contributed by atoms with Crippen LogP contribution in [0.4, 0.5) is 24.7 Å². The predicted octanol–water partition coefficient (Wildman–Crippen LogP) is 4.61. The van der Waals surface area contributed by atoms with E-state index in [-0.39, 0.29) is 5.65 Å². The Morgan fingerprint density at radius 3 is 2.41 bits per heavy atom. The van der Waals surface area contributed by atoms with Crippen LogP contribution in [0.15, 0.2) is 18.5 Å². The van der Waals surface area contributed by atoms with Crippen molar-refractivity contribution < 1.29 is 22.8 Å². The van der Waals surface area contributed by atoms with E-state index < -0.39 is 12.1 Å². The first-order valence-electron chi connectivity index (χ1n) is 14.2. The van der Waals surface area contributed by atoms with E-state index in [2.05, 4.69) is 47.6 Å². The SMILES string of the molecule is CCc1nn(OC(=O)C(F)(F)F)c2ncnc(N3CCN(c4cc(Cl)cc(CCCN5CCCCC5)c4C)CC3)c12. The third kappa shape index (κ3) is 6.53. The molecule has 0 saturated carbocycles. The van der Waals surface area contributed by atoms with Crippen LogP contribution in [0.5, 0.6) is 0 Å². The highest BCUT2D eigenvalue weighted by Gasteiger charge is 2.42. The summed E-state index contributed by atoms with van der Waals surface area (Å²) in [6, 6.07) is 4.11. The standard InChI is InChI=1S/C28H35ClF3N7O2/c1-3-22-24-25(33-18-34-26(24)39(35-22)41-27(40)28(30,31)32)38-14-12-37(13-15-38)23-17-21(29)16-20(19(23)2)8-7-11-36-9-5-4-6-10-36/h16-18H,3-15H2,1-2H3. The van der Waals surface area contributed by atoms with Crippen molar-refractivity contribution in [3.05, 3.63) is 40.3 Å². The lowest BCUT2D eigenvalue weighted by atomic mass is 10.0. The van der Waals surface area contributed by atoms with E-state index in [4.69, 9.17) is 11.6 Å². The lowest BCUT2D eigenvalue weighted by molar-refractivity contribution is -0.200. The molecule has 0 radical (unpaired) electrons. The molecule has 4 heterocycles. The van der Waals surface area contributed by atoms with Gasteiger partial charge in [0, 0.05) is 36.9 Å². The molecule has 3 aromatic rings. The molecule has 0 atom stereocenters. The van der Waals surface area contributed by atoms with Crippen LogP contribution in [0.3, 0.4) is 0 Å². The average Bonchev–Trinajstić information content (AvgIpc) is 3.32. The summed E-state index contributed by atoms with van der Waals surface area (Å²) in [5, 5.41) is 5.29. The van der Waals surface area contributed by atoms with E-state index in [9.17, 15) is 18.0 Å². The van der Waals surface area contributed by atoms with Crippen molar-refractivity contribution in [2.45, 2.75) is 58.5 Å². The van der Waals surface area contributed by atoms with Gasteiger partial charge in [0.05, 0.1) is 11.1 Å². The average molecular weight is 594 g/mol. The first kappa shape index (κ1) is 29.4. The monoisotopic (exact) mass is 593 g/mol. The highest BCUT2D eigenvalue weighted by molar-refractivity contribution is 6.31. The van der Waals surface area contributed by atoms with Crippen molar-refractivity contribution in [2.75, 3.05) is 55.6 Å². The molecule has 9 nitrogen and oxygen atoms in total. The van der Waals surface area contributed by atoms with E-state index in [1.165, 1.54) is 49.8 Å². The number of aromatic nitrogens is 4. The summed E-state index contributed by atoms with van der Waals surface area (Å²) in [5.74, 6) is -1.80. The number of fused-ring (bicyclic) bond motifs is 1. The van der Waals surface area contributed by atoms with Gasteiger partial charge in [-0.3, -0.25) is 0 Å². The number of hydrogen-bond donors (Lipinski definition) is 0. The highest BCUT2D eigenvalue weighted by Crippen LogP contribution is 2.32. The van der Waals surface area contributed by atoms with Crippen LogP contribution < -0.4 is 14.6 Å². The van der Waals surface area contributed by atoms with Crippen LogP contribution in [0, 0.1) is 6.92 Å². The summed E-state index contributed by atoms with van der Waals surface area (Å²) in [6.07, 6.45) is 2.50. The van der Waals surface area contributed by atoms with E-state index in [1.807, 2.05) is 13.0 Å². The van der Waals surface area contributed by atoms with Crippen molar-refractivity contribution in [1.29, 1.82) is 0 Å². The molecule has 1 aromatic carbocycles. The Kier molecular flexibility index (Phi) is 8.88. The number of piperidine rings is 1. The number of benzene rings is 1. The van der Waals surface area contributed by atoms with Gasteiger partial charge in [-0.2, -0.15) is 13.2 Å². The highest BCUT2D eigenvalue weighted by atomic mass is 35.5. The third-order valence-electron chi connectivity index (χ3n) is 7.97. The van der Waals surface area contributed by atoms with Gasteiger partial charge in [-0.15, -0.1) is 5.10 Å². The molecule has 2 aliphatic rings. The molecule has 2 fully saturated rings. The molecule has 41 heavy (non-hydrogen) atoms. The summed E-state index contributed by atoms with van der Waals surface area (Å²) in [4.78, 5) is 32.0. The Morgan fingerprint density at radius 2 is 1.73 bits per heavy atom. The van der Waals surface area contributed by atoms with Gasteiger partial charge in [0.2, 0.25) is 5.65 Å². The first-order chi connectivity index (χ1) is 19.7. The van der Waals surface area contributed by atoms with Crippen LogP contribution in [0.2, 0.25) is 5.02 Å². The number of rotatable bonds is 8. The molecular weight excluding hydrogens is 559 g/mol. The molecule has 222 valence electrons. The van der Waals surface area contributed by atoms with Gasteiger partial charge in [-0.1, -0.05) is 29.8 Å². The summed E-state index contributed by atoms with van der Waals surface area (Å²) < 4.78 is 38.4. The molecular formula is C28H35ClF3N7O2. The normalized spacial score (nSPS) is 16.9. The smallest absolute Gasteiger partial charge is 0.368 e. The van der Waals surface area contributed by atoms with E-state index in [1.54, 1.807) is 0 Å². The zero-order valence-corrected chi connectivity index (χ0v) is 24.1. The zero-order valence-electron chi connectivity index (χ0n) is 23.4. The number of anilines is 2. The van der Waals surface area contributed by atoms with E-state index in [0.29, 0.717) is 54.3 Å². The van der Waals surface area contributed by atoms with Crippen molar-refractivity contribution in [3.63, 3.8) is 0 Å². The van der Waals surface area contributed by atoms with Gasteiger partial charge >= 0.3 is 12.1 Å². The summed E-state index contributed by atoms with van der Waals surface area (Å²) in [5.41, 5.74) is 4.11. The van der Waals surface area contributed by atoms with Crippen molar-refractivity contribution in [2.24, 2.45) is 0 Å². The number of carbonyl (C=O) groups excluding carboxylic acids is 1. The molecule has 13 heteroatoms. The van der Waals surface area contributed by atoms with Crippen molar-refractivity contribution >= 4 is 40.1 Å². The van der Waals surface area contributed by atoms with Crippen LogP contribution in [-0.2, 0) is 17.6 Å². The predicted molar refractivity (Wildman–Crippen MR) is 152 cm³/mol. The number of carbonyl (C=O) groups is 1. The van der Waals surface area contributed by atoms with Gasteiger partial charge < -0.3 is 19.5 Å². The Hall–Kier alpha value is -3.12. The van der Waals surface area contributed by atoms with Crippen molar-refractivity contribution in [3.8, 4) is 0 Å². The minimum atomic E-state index is -5.15. The second kappa shape index (κ2) is 12.4. The Labute approximate surface area is 242 Å². The van der Waals surface area contributed by atoms with Gasteiger partial charge in [-0.25, -0.2) is 14.8 Å². The molecule has 0 amide bonds. The van der Waals surface area contributed by atoms with Crippen LogP contribution >= 0.6 is 11.6 Å². The summed E-state index contributed by atoms with van der Waals surface area (Å²) in [6.45, 7) is 10.1. The Morgan fingerprint density at radius 1 is 1.02 bits per heavy atom. The second-order valence-electron chi connectivity index (χ2n) is 10.6.